The number of halogens is 1. The lowest BCUT2D eigenvalue weighted by molar-refractivity contribution is 0.0659. The third-order valence-corrected chi connectivity index (χ3v) is 6.64. The Morgan fingerprint density at radius 2 is 2.07 bits per heavy atom. The van der Waals surface area contributed by atoms with Gasteiger partial charge >= 0.3 is 0 Å². The summed E-state index contributed by atoms with van der Waals surface area (Å²) in [6, 6.07) is 5.87. The number of aryl methyl sites for hydroxylation is 1. The van der Waals surface area contributed by atoms with Crippen LogP contribution in [0.5, 0.6) is 5.75 Å². The van der Waals surface area contributed by atoms with Gasteiger partial charge in [0, 0.05) is 23.3 Å². The second-order valence-electron chi connectivity index (χ2n) is 7.57. The van der Waals surface area contributed by atoms with Crippen LogP contribution in [0.15, 0.2) is 22.7 Å². The molecule has 1 amide bonds. The Morgan fingerprint density at radius 3 is 2.81 bits per heavy atom. The first-order chi connectivity index (χ1) is 13.1. The quantitative estimate of drug-likeness (QED) is 0.709. The predicted molar refractivity (Wildman–Crippen MR) is 108 cm³/mol. The van der Waals surface area contributed by atoms with Crippen molar-refractivity contribution in [2.45, 2.75) is 57.5 Å². The van der Waals surface area contributed by atoms with Crippen LogP contribution in [0.1, 0.15) is 59.4 Å². The molecular formula is C21H26BrN3O2. The number of carbonyl (C=O) groups excluding carboxylic acids is 1. The zero-order valence-corrected chi connectivity index (χ0v) is 17.6. The summed E-state index contributed by atoms with van der Waals surface area (Å²) in [6.07, 6.45) is 7.88. The molecule has 0 atom stereocenters. The molecule has 4 rings (SSSR count). The molecule has 1 aromatic heterocycles. The molecule has 0 radical (unpaired) electrons. The fourth-order valence-electron chi connectivity index (χ4n) is 4.52. The number of carbonyl (C=O) groups is 1. The highest BCUT2D eigenvalue weighted by atomic mass is 79.9. The van der Waals surface area contributed by atoms with Gasteiger partial charge in [0.25, 0.3) is 5.91 Å². The number of methoxy groups -OCH3 is 1. The maximum atomic E-state index is 13.5. The highest BCUT2D eigenvalue weighted by Gasteiger charge is 2.31. The first-order valence-corrected chi connectivity index (χ1v) is 10.6. The number of nitrogens with zero attached hydrogens (tertiary/aromatic N) is 3. The molecule has 0 spiro atoms. The van der Waals surface area contributed by atoms with Crippen molar-refractivity contribution in [3.63, 3.8) is 0 Å². The molecule has 144 valence electrons. The Morgan fingerprint density at radius 1 is 1.30 bits per heavy atom. The average molecular weight is 432 g/mol. The molecule has 0 bridgehead atoms. The molecule has 27 heavy (non-hydrogen) atoms. The van der Waals surface area contributed by atoms with Gasteiger partial charge in [0.15, 0.2) is 0 Å². The molecule has 6 heteroatoms. The highest BCUT2D eigenvalue weighted by molar-refractivity contribution is 9.10. The van der Waals surface area contributed by atoms with Gasteiger partial charge in [0.1, 0.15) is 5.75 Å². The normalized spacial score (nSPS) is 16.6. The van der Waals surface area contributed by atoms with Gasteiger partial charge in [-0.15, -0.1) is 0 Å². The standard InChI is InChI=1S/C21H26BrN3O2/c1-24-20-9-5-8-16(20)19(23-24)13-25(14-6-3-4-7-14)21(26)17-12-15(27-2)10-11-18(17)22/h10-12,14H,3-9,13H2,1-2H3. The van der Waals surface area contributed by atoms with E-state index < -0.39 is 0 Å². The van der Waals surface area contributed by atoms with Crippen molar-refractivity contribution in [3.05, 3.63) is 45.2 Å². The average Bonchev–Trinajstić information content (AvgIpc) is 3.40. The molecule has 2 aliphatic carbocycles. The van der Waals surface area contributed by atoms with Crippen molar-refractivity contribution in [3.8, 4) is 5.75 Å². The zero-order chi connectivity index (χ0) is 19.0. The first-order valence-electron chi connectivity index (χ1n) is 9.76. The summed E-state index contributed by atoms with van der Waals surface area (Å²) in [7, 11) is 3.65. The summed E-state index contributed by atoms with van der Waals surface area (Å²) in [4.78, 5) is 15.6. The zero-order valence-electron chi connectivity index (χ0n) is 16.0. The van der Waals surface area contributed by atoms with Gasteiger partial charge in [0.2, 0.25) is 0 Å². The van der Waals surface area contributed by atoms with Gasteiger partial charge < -0.3 is 9.64 Å². The lowest BCUT2D eigenvalue weighted by atomic mass is 10.1. The molecule has 0 unspecified atom stereocenters. The lowest BCUT2D eigenvalue weighted by Crippen LogP contribution is -2.38. The van der Waals surface area contributed by atoms with E-state index in [0.717, 1.165) is 35.8 Å². The lowest BCUT2D eigenvalue weighted by Gasteiger charge is -2.29. The summed E-state index contributed by atoms with van der Waals surface area (Å²) in [5.41, 5.74) is 4.43. The molecule has 2 aliphatic rings. The molecule has 0 aliphatic heterocycles. The van der Waals surface area contributed by atoms with Crippen molar-refractivity contribution in [2.75, 3.05) is 7.11 Å². The highest BCUT2D eigenvalue weighted by Crippen LogP contribution is 2.32. The van der Waals surface area contributed by atoms with E-state index in [2.05, 4.69) is 15.9 Å². The molecule has 1 heterocycles. The molecule has 0 saturated heterocycles. The van der Waals surface area contributed by atoms with E-state index in [-0.39, 0.29) is 11.9 Å². The predicted octanol–water partition coefficient (Wildman–Crippen LogP) is 4.26. The van der Waals surface area contributed by atoms with Crippen LogP contribution in [0.3, 0.4) is 0 Å². The number of aromatic nitrogens is 2. The van der Waals surface area contributed by atoms with Gasteiger partial charge in [-0.2, -0.15) is 5.10 Å². The Bertz CT molecular complexity index is 855. The van der Waals surface area contributed by atoms with Crippen LogP contribution >= 0.6 is 15.9 Å². The largest absolute Gasteiger partial charge is 0.497 e. The number of hydrogen-bond donors (Lipinski definition) is 0. The molecule has 2 aromatic rings. The molecule has 1 fully saturated rings. The van der Waals surface area contributed by atoms with E-state index in [4.69, 9.17) is 9.84 Å². The van der Waals surface area contributed by atoms with E-state index in [0.29, 0.717) is 17.9 Å². The van der Waals surface area contributed by atoms with Crippen molar-refractivity contribution in [1.29, 1.82) is 0 Å². The molecule has 5 nitrogen and oxygen atoms in total. The van der Waals surface area contributed by atoms with Crippen LogP contribution in [-0.2, 0) is 26.4 Å². The fourth-order valence-corrected chi connectivity index (χ4v) is 4.93. The SMILES string of the molecule is COc1ccc(Br)c(C(=O)N(Cc2nn(C)c3c2CCC3)C2CCCC2)c1. The second-order valence-corrected chi connectivity index (χ2v) is 8.42. The van der Waals surface area contributed by atoms with Gasteiger partial charge in [-0.25, -0.2) is 0 Å². The van der Waals surface area contributed by atoms with E-state index >= 15 is 0 Å². The minimum atomic E-state index is 0.0603. The molecule has 0 N–H and O–H groups in total. The topological polar surface area (TPSA) is 47.4 Å². The maximum absolute atomic E-state index is 13.5. The molecular weight excluding hydrogens is 406 g/mol. The van der Waals surface area contributed by atoms with E-state index in [9.17, 15) is 4.79 Å². The second kappa shape index (κ2) is 7.66. The van der Waals surface area contributed by atoms with Crippen LogP contribution in [0, 0.1) is 0 Å². The molecule has 1 aromatic carbocycles. The number of hydrogen-bond acceptors (Lipinski definition) is 3. The van der Waals surface area contributed by atoms with Gasteiger partial charge in [-0.1, -0.05) is 12.8 Å². The fraction of sp³-hybridized carbons (Fsp3) is 0.524. The van der Waals surface area contributed by atoms with Crippen molar-refractivity contribution in [1.82, 2.24) is 14.7 Å². The van der Waals surface area contributed by atoms with Crippen LogP contribution in [-0.4, -0.2) is 33.7 Å². The summed E-state index contributed by atoms with van der Waals surface area (Å²) in [6.45, 7) is 0.594. The van der Waals surface area contributed by atoms with Crippen molar-refractivity contribution < 1.29 is 9.53 Å². The Hall–Kier alpha value is -1.82. The van der Waals surface area contributed by atoms with Crippen LogP contribution in [0.4, 0.5) is 0 Å². The first kappa shape index (κ1) is 18.5. The summed E-state index contributed by atoms with van der Waals surface area (Å²) >= 11 is 3.55. The number of fused-ring (bicyclic) bond motifs is 1. The van der Waals surface area contributed by atoms with Gasteiger partial charge in [0.05, 0.1) is 24.9 Å². The maximum Gasteiger partial charge on any atom is 0.255 e. The number of amides is 1. The van der Waals surface area contributed by atoms with E-state index in [1.165, 1.54) is 30.5 Å². The minimum absolute atomic E-state index is 0.0603. The Balaban J connectivity index is 1.68. The third kappa shape index (κ3) is 3.51. The van der Waals surface area contributed by atoms with Crippen LogP contribution in [0.2, 0.25) is 0 Å². The van der Waals surface area contributed by atoms with Crippen molar-refractivity contribution in [2.24, 2.45) is 7.05 Å². The number of ether oxygens (including phenoxy) is 1. The monoisotopic (exact) mass is 431 g/mol. The Labute approximate surface area is 168 Å². The van der Waals surface area contributed by atoms with Crippen LogP contribution in [0.25, 0.3) is 0 Å². The third-order valence-electron chi connectivity index (χ3n) is 5.95. The molecule has 1 saturated carbocycles. The van der Waals surface area contributed by atoms with E-state index in [1.807, 2.05) is 34.8 Å². The summed E-state index contributed by atoms with van der Waals surface area (Å²) in [5.74, 6) is 0.761. The van der Waals surface area contributed by atoms with Gasteiger partial charge in [-0.3, -0.25) is 9.48 Å². The summed E-state index contributed by atoms with van der Waals surface area (Å²) < 4.78 is 8.16. The number of rotatable bonds is 5. The minimum Gasteiger partial charge on any atom is -0.497 e. The van der Waals surface area contributed by atoms with Crippen molar-refractivity contribution >= 4 is 21.8 Å². The summed E-state index contributed by atoms with van der Waals surface area (Å²) in [5, 5.41) is 4.76. The van der Waals surface area contributed by atoms with Gasteiger partial charge in [-0.05, 0) is 71.8 Å². The van der Waals surface area contributed by atoms with E-state index in [1.54, 1.807) is 7.11 Å². The Kier molecular flexibility index (Phi) is 5.26. The van der Waals surface area contributed by atoms with Crippen LogP contribution < -0.4 is 4.74 Å². The number of benzene rings is 1. The smallest absolute Gasteiger partial charge is 0.255 e.